The molecule has 2 fully saturated rings. The number of carbonyl (C=O) groups excluding carboxylic acids is 1. The van der Waals surface area contributed by atoms with E-state index in [0.717, 1.165) is 12.8 Å². The lowest BCUT2D eigenvalue weighted by Gasteiger charge is -2.27. The van der Waals surface area contributed by atoms with Crippen molar-refractivity contribution in [1.29, 1.82) is 0 Å². The fourth-order valence-corrected chi connectivity index (χ4v) is 5.15. The summed E-state index contributed by atoms with van der Waals surface area (Å²) in [6, 6.07) is 3.88. The number of aromatic nitrogens is 2. The van der Waals surface area contributed by atoms with Crippen LogP contribution in [0.3, 0.4) is 0 Å². The predicted octanol–water partition coefficient (Wildman–Crippen LogP) is 2.10. The molecule has 1 aliphatic carbocycles. The molecule has 1 aromatic carbocycles. The van der Waals surface area contributed by atoms with Crippen LogP contribution in [0.2, 0.25) is 0 Å². The lowest BCUT2D eigenvalue weighted by Crippen LogP contribution is -2.40. The van der Waals surface area contributed by atoms with Crippen LogP contribution < -0.4 is 10.1 Å². The molecule has 1 amide bonds. The Kier molecular flexibility index (Phi) is 6.50. The van der Waals surface area contributed by atoms with E-state index >= 15 is 0 Å². The molecule has 0 spiro atoms. The van der Waals surface area contributed by atoms with Crippen LogP contribution in [0.15, 0.2) is 27.6 Å². The van der Waals surface area contributed by atoms with Gasteiger partial charge in [0.05, 0.1) is 20.3 Å². The van der Waals surface area contributed by atoms with Crippen LogP contribution in [0, 0.1) is 5.92 Å². The number of amides is 1. The van der Waals surface area contributed by atoms with E-state index in [2.05, 4.69) is 15.5 Å². The monoisotopic (exact) mass is 464 g/mol. The molecule has 1 N–H and O–H groups in total. The summed E-state index contributed by atoms with van der Waals surface area (Å²) < 4.78 is 43.7. The summed E-state index contributed by atoms with van der Waals surface area (Å²) in [4.78, 5) is 17.5. The van der Waals surface area contributed by atoms with E-state index in [1.54, 1.807) is 0 Å². The largest absolute Gasteiger partial charge is 0.495 e. The molecule has 1 aromatic heterocycles. The first kappa shape index (κ1) is 22.7. The Hall–Kier alpha value is -2.50. The normalized spacial score (nSPS) is 18.5. The van der Waals surface area contributed by atoms with Crippen LogP contribution in [0.5, 0.6) is 5.75 Å². The van der Waals surface area contributed by atoms with Gasteiger partial charge in [-0.1, -0.05) is 19.0 Å². The number of morpholine rings is 1. The third kappa shape index (κ3) is 4.64. The Morgan fingerprint density at radius 3 is 2.59 bits per heavy atom. The standard InChI is InChI=1S/C21H28N4O6S/c1-13(2)18(21-23-19(24-31-21)14-4-5-14)22-20(26)15-6-7-16(29-3)17(12-15)32(27,28)25-8-10-30-11-9-25/h6-7,12-14,18H,4-5,8-11H2,1-3H3,(H,22,26). The van der Waals surface area contributed by atoms with Crippen LogP contribution in [0.1, 0.15) is 60.7 Å². The van der Waals surface area contributed by atoms with Crippen LogP contribution >= 0.6 is 0 Å². The van der Waals surface area contributed by atoms with Crippen molar-refractivity contribution in [3.8, 4) is 5.75 Å². The Morgan fingerprint density at radius 2 is 1.97 bits per heavy atom. The quantitative estimate of drug-likeness (QED) is 0.630. The van der Waals surface area contributed by atoms with Gasteiger partial charge in [-0.2, -0.15) is 9.29 Å². The lowest BCUT2D eigenvalue weighted by atomic mass is 10.0. The Bertz CT molecular complexity index is 1070. The first-order chi connectivity index (χ1) is 15.3. The fourth-order valence-electron chi connectivity index (χ4n) is 3.56. The molecular formula is C21H28N4O6S. The predicted molar refractivity (Wildman–Crippen MR) is 114 cm³/mol. The third-order valence-corrected chi connectivity index (χ3v) is 7.55. The van der Waals surface area contributed by atoms with Gasteiger partial charge in [0, 0.05) is 24.6 Å². The van der Waals surface area contributed by atoms with Crippen molar-refractivity contribution in [1.82, 2.24) is 19.8 Å². The van der Waals surface area contributed by atoms with Crippen molar-refractivity contribution in [2.45, 2.75) is 43.5 Å². The third-order valence-electron chi connectivity index (χ3n) is 5.63. The number of nitrogens with zero attached hydrogens (tertiary/aromatic N) is 3. The topological polar surface area (TPSA) is 124 Å². The SMILES string of the molecule is COc1ccc(C(=O)NC(c2nc(C3CC3)no2)C(C)C)cc1S(=O)(=O)N1CCOCC1. The van der Waals surface area contributed by atoms with Crippen LogP contribution in [-0.4, -0.2) is 62.2 Å². The summed E-state index contributed by atoms with van der Waals surface area (Å²) in [5.41, 5.74) is 0.199. The van der Waals surface area contributed by atoms with Crippen molar-refractivity contribution in [2.24, 2.45) is 5.92 Å². The highest BCUT2D eigenvalue weighted by Gasteiger charge is 2.33. The summed E-state index contributed by atoms with van der Waals surface area (Å²) in [6.07, 6.45) is 2.09. The fraction of sp³-hybridized carbons (Fsp3) is 0.571. The number of hydrogen-bond acceptors (Lipinski definition) is 8. The molecule has 2 aromatic rings. The van der Waals surface area contributed by atoms with Crippen molar-refractivity contribution in [2.75, 3.05) is 33.4 Å². The van der Waals surface area contributed by atoms with Crippen molar-refractivity contribution in [3.05, 3.63) is 35.5 Å². The zero-order chi connectivity index (χ0) is 22.9. The molecule has 2 heterocycles. The van der Waals surface area contributed by atoms with Gasteiger partial charge in [-0.15, -0.1) is 0 Å². The summed E-state index contributed by atoms with van der Waals surface area (Å²) in [5.74, 6) is 1.09. The minimum Gasteiger partial charge on any atom is -0.495 e. The van der Waals surface area contributed by atoms with E-state index < -0.39 is 22.0 Å². The van der Waals surface area contributed by atoms with E-state index in [0.29, 0.717) is 30.8 Å². The molecule has 174 valence electrons. The molecule has 4 rings (SSSR count). The Balaban J connectivity index is 1.59. The maximum Gasteiger partial charge on any atom is 0.251 e. The van der Waals surface area contributed by atoms with Gasteiger partial charge in [-0.3, -0.25) is 4.79 Å². The van der Waals surface area contributed by atoms with E-state index in [-0.39, 0.29) is 35.2 Å². The maximum absolute atomic E-state index is 13.2. The Morgan fingerprint density at radius 1 is 1.25 bits per heavy atom. The molecule has 2 aliphatic rings. The van der Waals surface area contributed by atoms with Crippen LogP contribution in [-0.2, 0) is 14.8 Å². The molecule has 1 aliphatic heterocycles. The number of nitrogens with one attached hydrogen (secondary N) is 1. The molecule has 0 radical (unpaired) electrons. The van der Waals surface area contributed by atoms with E-state index in [4.69, 9.17) is 14.0 Å². The number of sulfonamides is 1. The van der Waals surface area contributed by atoms with Gasteiger partial charge < -0.3 is 19.3 Å². The molecule has 11 heteroatoms. The molecule has 1 saturated carbocycles. The van der Waals surface area contributed by atoms with Crippen molar-refractivity contribution >= 4 is 15.9 Å². The highest BCUT2D eigenvalue weighted by atomic mass is 32.2. The van der Waals surface area contributed by atoms with Crippen molar-refractivity contribution in [3.63, 3.8) is 0 Å². The van der Waals surface area contributed by atoms with Gasteiger partial charge >= 0.3 is 0 Å². The van der Waals surface area contributed by atoms with E-state index in [9.17, 15) is 13.2 Å². The van der Waals surface area contributed by atoms with E-state index in [1.165, 1.54) is 29.6 Å². The summed E-state index contributed by atoms with van der Waals surface area (Å²) in [7, 11) is -2.45. The van der Waals surface area contributed by atoms with Gasteiger partial charge in [0.1, 0.15) is 16.7 Å². The average molecular weight is 465 g/mol. The first-order valence-corrected chi connectivity index (χ1v) is 12.2. The van der Waals surface area contributed by atoms with Crippen LogP contribution in [0.4, 0.5) is 0 Å². The summed E-state index contributed by atoms with van der Waals surface area (Å²) in [6.45, 7) is 5.02. The number of benzene rings is 1. The van der Waals surface area contributed by atoms with E-state index in [1.807, 2.05) is 13.8 Å². The molecule has 1 unspecified atom stereocenters. The molecular weight excluding hydrogens is 436 g/mol. The zero-order valence-corrected chi connectivity index (χ0v) is 19.2. The first-order valence-electron chi connectivity index (χ1n) is 10.7. The number of methoxy groups -OCH3 is 1. The molecule has 10 nitrogen and oxygen atoms in total. The van der Waals surface area contributed by atoms with Gasteiger partial charge in [0.2, 0.25) is 15.9 Å². The van der Waals surface area contributed by atoms with Gasteiger partial charge in [-0.25, -0.2) is 8.42 Å². The second kappa shape index (κ2) is 9.16. The molecule has 32 heavy (non-hydrogen) atoms. The maximum atomic E-state index is 13.2. The average Bonchev–Trinajstić information content (AvgIpc) is 3.54. The zero-order valence-electron chi connectivity index (χ0n) is 18.4. The highest BCUT2D eigenvalue weighted by molar-refractivity contribution is 7.89. The van der Waals surface area contributed by atoms with Gasteiger partial charge in [-0.05, 0) is 37.0 Å². The number of rotatable bonds is 8. The van der Waals surface area contributed by atoms with Gasteiger partial charge in [0.15, 0.2) is 5.82 Å². The molecule has 1 saturated heterocycles. The molecule has 1 atom stereocenters. The van der Waals surface area contributed by atoms with Crippen LogP contribution in [0.25, 0.3) is 0 Å². The second-order valence-electron chi connectivity index (χ2n) is 8.34. The highest BCUT2D eigenvalue weighted by Crippen LogP contribution is 2.38. The number of ether oxygens (including phenoxy) is 2. The lowest BCUT2D eigenvalue weighted by molar-refractivity contribution is 0.0729. The number of hydrogen-bond donors (Lipinski definition) is 1. The second-order valence-corrected chi connectivity index (χ2v) is 10.2. The minimum absolute atomic E-state index is 0.0127. The van der Waals surface area contributed by atoms with Gasteiger partial charge in [0.25, 0.3) is 5.91 Å². The minimum atomic E-state index is -3.85. The molecule has 0 bridgehead atoms. The summed E-state index contributed by atoms with van der Waals surface area (Å²) in [5, 5.41) is 6.95. The smallest absolute Gasteiger partial charge is 0.251 e. The van der Waals surface area contributed by atoms with Crippen molar-refractivity contribution < 1.29 is 27.2 Å². The Labute approximate surface area is 187 Å². The number of carbonyl (C=O) groups is 1. The summed E-state index contributed by atoms with van der Waals surface area (Å²) >= 11 is 0.